The van der Waals surface area contributed by atoms with E-state index in [1.54, 1.807) is 11.3 Å². The summed E-state index contributed by atoms with van der Waals surface area (Å²) in [6.45, 7) is 0.280. The maximum atomic E-state index is 11.9. The summed E-state index contributed by atoms with van der Waals surface area (Å²) >= 11 is 7.91. The largest absolute Gasteiger partial charge is 0.445 e. The Morgan fingerprint density at radius 3 is 2.81 bits per heavy atom. The maximum absolute atomic E-state index is 11.9. The highest BCUT2D eigenvalue weighted by Gasteiger charge is 2.31. The highest BCUT2D eigenvalue weighted by Crippen LogP contribution is 2.35. The highest BCUT2D eigenvalue weighted by atomic mass is 35.5. The van der Waals surface area contributed by atoms with Crippen LogP contribution in [0.5, 0.6) is 0 Å². The van der Waals surface area contributed by atoms with Crippen molar-refractivity contribution in [1.82, 2.24) is 10.3 Å². The van der Waals surface area contributed by atoms with Crippen LogP contribution in [0, 0.1) is 0 Å². The van der Waals surface area contributed by atoms with E-state index in [4.69, 9.17) is 16.3 Å². The zero-order chi connectivity index (χ0) is 17.9. The Morgan fingerprint density at radius 1 is 1.19 bits per heavy atom. The van der Waals surface area contributed by atoms with Crippen molar-refractivity contribution in [3.63, 3.8) is 0 Å². The van der Waals surface area contributed by atoms with Crippen LogP contribution in [0.15, 0.2) is 48.0 Å². The number of rotatable bonds is 5. The molecule has 1 saturated carbocycles. The van der Waals surface area contributed by atoms with E-state index in [9.17, 15) is 4.79 Å². The molecule has 0 unspecified atom stereocenters. The first kappa shape index (κ1) is 17.1. The van der Waals surface area contributed by atoms with Crippen molar-refractivity contribution in [1.29, 1.82) is 0 Å². The van der Waals surface area contributed by atoms with Crippen LogP contribution in [0.1, 0.15) is 18.4 Å². The van der Waals surface area contributed by atoms with Gasteiger partial charge in [-0.2, -0.15) is 0 Å². The van der Waals surface area contributed by atoms with Gasteiger partial charge in [0.15, 0.2) is 0 Å². The first-order valence-corrected chi connectivity index (χ1v) is 9.70. The second-order valence-corrected chi connectivity index (χ2v) is 7.63. The molecular formula is C19H18ClN3O2S. The number of thiazole rings is 1. The SMILES string of the molecule is O=C(NC1CC(Nc2c(Cl)ccc3scnc23)C1)OCc1ccccc1. The van der Waals surface area contributed by atoms with E-state index in [1.165, 1.54) is 0 Å². The average Bonchev–Trinajstić information content (AvgIpc) is 3.10. The molecule has 1 heterocycles. The van der Waals surface area contributed by atoms with Gasteiger partial charge < -0.3 is 15.4 Å². The number of alkyl carbamates (subject to hydrolysis) is 1. The first-order valence-electron chi connectivity index (χ1n) is 8.44. The number of hydrogen-bond donors (Lipinski definition) is 2. The van der Waals surface area contributed by atoms with Gasteiger partial charge in [0.1, 0.15) is 12.1 Å². The molecule has 0 spiro atoms. The summed E-state index contributed by atoms with van der Waals surface area (Å²) in [5.41, 5.74) is 4.57. The third-order valence-electron chi connectivity index (χ3n) is 4.47. The fourth-order valence-electron chi connectivity index (χ4n) is 3.03. The average molecular weight is 388 g/mol. The number of benzene rings is 2. The van der Waals surface area contributed by atoms with Gasteiger partial charge >= 0.3 is 6.09 Å². The fourth-order valence-corrected chi connectivity index (χ4v) is 3.92. The van der Waals surface area contributed by atoms with Crippen LogP contribution in [-0.2, 0) is 11.3 Å². The Labute approximate surface area is 160 Å². The molecule has 4 rings (SSSR count). The minimum atomic E-state index is -0.378. The number of nitrogens with one attached hydrogen (secondary N) is 2. The van der Waals surface area contributed by atoms with Gasteiger partial charge in [-0.3, -0.25) is 0 Å². The van der Waals surface area contributed by atoms with Crippen LogP contribution in [0.3, 0.4) is 0 Å². The van der Waals surface area contributed by atoms with Crippen molar-refractivity contribution < 1.29 is 9.53 Å². The normalized spacial score (nSPS) is 19.0. The van der Waals surface area contributed by atoms with Gasteiger partial charge in [-0.05, 0) is 30.5 Å². The van der Waals surface area contributed by atoms with E-state index < -0.39 is 0 Å². The molecule has 7 heteroatoms. The number of carbonyl (C=O) groups is 1. The van der Waals surface area contributed by atoms with Crippen molar-refractivity contribution in [2.45, 2.75) is 31.5 Å². The summed E-state index contributed by atoms with van der Waals surface area (Å²) in [5, 5.41) is 7.03. The molecule has 1 aromatic heterocycles. The van der Waals surface area contributed by atoms with Gasteiger partial charge in [0, 0.05) is 12.1 Å². The van der Waals surface area contributed by atoms with Crippen molar-refractivity contribution in [2.75, 3.05) is 5.32 Å². The molecule has 2 aromatic carbocycles. The number of ether oxygens (including phenoxy) is 1. The second-order valence-electron chi connectivity index (χ2n) is 6.34. The lowest BCUT2D eigenvalue weighted by atomic mass is 9.86. The molecule has 0 saturated heterocycles. The highest BCUT2D eigenvalue weighted by molar-refractivity contribution is 7.16. The molecule has 26 heavy (non-hydrogen) atoms. The molecule has 0 atom stereocenters. The van der Waals surface area contributed by atoms with Crippen molar-refractivity contribution in [2.24, 2.45) is 0 Å². The van der Waals surface area contributed by atoms with Crippen LogP contribution in [-0.4, -0.2) is 23.2 Å². The van der Waals surface area contributed by atoms with E-state index in [0.717, 1.165) is 34.3 Å². The van der Waals surface area contributed by atoms with Gasteiger partial charge in [-0.25, -0.2) is 9.78 Å². The zero-order valence-electron chi connectivity index (χ0n) is 13.9. The second kappa shape index (κ2) is 7.51. The van der Waals surface area contributed by atoms with E-state index in [2.05, 4.69) is 15.6 Å². The molecule has 0 aliphatic heterocycles. The number of halogens is 1. The standard InChI is InChI=1S/C19H18ClN3O2S/c20-15-6-7-16-18(21-11-26-16)17(15)22-13-8-14(9-13)23-19(24)25-10-12-4-2-1-3-5-12/h1-7,11,13-14,22H,8-10H2,(H,23,24). The molecule has 1 fully saturated rings. The van der Waals surface area contributed by atoms with Crippen LogP contribution in [0.2, 0.25) is 5.02 Å². The number of aromatic nitrogens is 1. The quantitative estimate of drug-likeness (QED) is 0.658. The van der Waals surface area contributed by atoms with Crippen LogP contribution in [0.4, 0.5) is 10.5 Å². The van der Waals surface area contributed by atoms with Gasteiger partial charge in [0.2, 0.25) is 0 Å². The van der Waals surface area contributed by atoms with Gasteiger partial charge in [0.05, 0.1) is 20.9 Å². The summed E-state index contributed by atoms with van der Waals surface area (Å²) in [6, 6.07) is 13.9. The van der Waals surface area contributed by atoms with E-state index in [-0.39, 0.29) is 24.8 Å². The summed E-state index contributed by atoms with van der Waals surface area (Å²) in [7, 11) is 0. The summed E-state index contributed by atoms with van der Waals surface area (Å²) in [5.74, 6) is 0. The molecule has 1 aliphatic carbocycles. The Bertz CT molecular complexity index is 910. The number of carbonyl (C=O) groups excluding carboxylic acids is 1. The number of fused-ring (bicyclic) bond motifs is 1. The Morgan fingerprint density at radius 2 is 2.00 bits per heavy atom. The van der Waals surface area contributed by atoms with Crippen molar-refractivity contribution >= 4 is 44.9 Å². The first-order chi connectivity index (χ1) is 12.7. The number of hydrogen-bond acceptors (Lipinski definition) is 5. The molecule has 0 bridgehead atoms. The lowest BCUT2D eigenvalue weighted by molar-refractivity contribution is 0.129. The Balaban J connectivity index is 1.26. The van der Waals surface area contributed by atoms with Gasteiger partial charge in [-0.15, -0.1) is 11.3 Å². The van der Waals surface area contributed by atoms with E-state index in [0.29, 0.717) is 5.02 Å². The molecular weight excluding hydrogens is 370 g/mol. The summed E-state index contributed by atoms with van der Waals surface area (Å²) < 4.78 is 6.36. The maximum Gasteiger partial charge on any atom is 0.407 e. The molecule has 134 valence electrons. The van der Waals surface area contributed by atoms with Crippen LogP contribution in [0.25, 0.3) is 10.2 Å². The number of anilines is 1. The van der Waals surface area contributed by atoms with Crippen LogP contribution < -0.4 is 10.6 Å². The van der Waals surface area contributed by atoms with Crippen molar-refractivity contribution in [3.8, 4) is 0 Å². The van der Waals surface area contributed by atoms with E-state index >= 15 is 0 Å². The lowest BCUT2D eigenvalue weighted by Gasteiger charge is -2.36. The third-order valence-corrected chi connectivity index (χ3v) is 5.58. The molecule has 3 aromatic rings. The Kier molecular flexibility index (Phi) is 4.95. The van der Waals surface area contributed by atoms with Crippen molar-refractivity contribution in [3.05, 3.63) is 58.6 Å². The molecule has 1 aliphatic rings. The smallest absolute Gasteiger partial charge is 0.407 e. The molecule has 1 amide bonds. The molecule has 5 nitrogen and oxygen atoms in total. The minimum Gasteiger partial charge on any atom is -0.445 e. The Hall–Kier alpha value is -2.31. The monoisotopic (exact) mass is 387 g/mol. The lowest BCUT2D eigenvalue weighted by Crippen LogP contribution is -2.49. The predicted octanol–water partition coefficient (Wildman–Crippen LogP) is 4.82. The summed E-state index contributed by atoms with van der Waals surface area (Å²) in [6.07, 6.45) is 1.28. The number of nitrogens with zero attached hydrogens (tertiary/aromatic N) is 1. The predicted molar refractivity (Wildman–Crippen MR) is 105 cm³/mol. The fraction of sp³-hybridized carbons (Fsp3) is 0.263. The van der Waals surface area contributed by atoms with Crippen LogP contribution >= 0.6 is 22.9 Å². The minimum absolute atomic E-state index is 0.115. The van der Waals surface area contributed by atoms with Gasteiger partial charge in [-0.1, -0.05) is 41.9 Å². The topological polar surface area (TPSA) is 63.2 Å². The third kappa shape index (κ3) is 3.76. The zero-order valence-corrected chi connectivity index (χ0v) is 15.5. The van der Waals surface area contributed by atoms with E-state index in [1.807, 2.05) is 48.0 Å². The molecule has 2 N–H and O–H groups in total. The summed E-state index contributed by atoms with van der Waals surface area (Å²) in [4.78, 5) is 16.3. The molecule has 0 radical (unpaired) electrons. The van der Waals surface area contributed by atoms with Gasteiger partial charge in [0.25, 0.3) is 0 Å². The number of amides is 1.